The summed E-state index contributed by atoms with van der Waals surface area (Å²) in [4.78, 5) is 51.9. The number of likely N-dealkylation sites (tertiary alicyclic amines) is 2. The second-order valence-corrected chi connectivity index (χ2v) is 11.0. The van der Waals surface area contributed by atoms with Crippen LogP contribution in [0.5, 0.6) is 0 Å². The Labute approximate surface area is 245 Å². The summed E-state index contributed by atoms with van der Waals surface area (Å²) >= 11 is 0. The number of nitrogens with zero attached hydrogens (tertiary/aromatic N) is 2. The number of hydrogen-bond acceptors (Lipinski definition) is 8. The number of carbonyl (C=O) groups excluding carboxylic acids is 4. The van der Waals surface area contributed by atoms with Crippen LogP contribution >= 0.6 is 0 Å². The van der Waals surface area contributed by atoms with Gasteiger partial charge in [0.05, 0.1) is 38.8 Å². The van der Waals surface area contributed by atoms with Crippen molar-refractivity contribution < 1.29 is 28.4 Å². The largest absolute Gasteiger partial charge is 0.341 e. The molecule has 2 aliphatic heterocycles. The molecule has 0 radical (unpaired) electrons. The van der Waals surface area contributed by atoms with Crippen LogP contribution in [0.15, 0.2) is 72.8 Å². The van der Waals surface area contributed by atoms with Gasteiger partial charge in [0.2, 0.25) is 0 Å². The van der Waals surface area contributed by atoms with E-state index >= 15 is 0 Å². The van der Waals surface area contributed by atoms with Crippen LogP contribution in [0.1, 0.15) is 59.1 Å². The summed E-state index contributed by atoms with van der Waals surface area (Å²) in [7, 11) is 0. The topological polar surface area (TPSA) is 144 Å². The molecule has 0 spiro atoms. The number of rotatable bonds is 12. The molecule has 2 heterocycles. The van der Waals surface area contributed by atoms with E-state index in [9.17, 15) is 19.2 Å². The van der Waals surface area contributed by atoms with E-state index in [1.54, 1.807) is 0 Å². The number of amides is 4. The minimum Gasteiger partial charge on any atom is -0.326 e. The Balaban J connectivity index is 1.25. The van der Waals surface area contributed by atoms with Crippen molar-refractivity contribution in [2.45, 2.75) is 65.0 Å². The number of hydrogen-bond donors (Lipinski definition) is 4. The van der Waals surface area contributed by atoms with Crippen molar-refractivity contribution >= 4 is 23.6 Å². The van der Waals surface area contributed by atoms with E-state index in [4.69, 9.17) is 11.5 Å². The van der Waals surface area contributed by atoms with Crippen molar-refractivity contribution in [2.75, 3.05) is 0 Å². The Morgan fingerprint density at radius 3 is 1.00 bits per heavy atom. The molecular formula is C32H38N6O4+2. The summed E-state index contributed by atoms with van der Waals surface area (Å²) in [6, 6.07) is 23.0. The van der Waals surface area contributed by atoms with Crippen molar-refractivity contribution in [1.29, 1.82) is 0 Å². The van der Waals surface area contributed by atoms with Gasteiger partial charge in [-0.15, -0.1) is 20.0 Å². The Morgan fingerprint density at radius 1 is 0.452 bits per heavy atom. The lowest BCUT2D eigenvalue weighted by molar-refractivity contribution is -0.835. The Kier molecular flexibility index (Phi) is 8.83. The molecule has 218 valence electrons. The van der Waals surface area contributed by atoms with Crippen LogP contribution in [0.4, 0.5) is 0 Å². The van der Waals surface area contributed by atoms with Crippen molar-refractivity contribution in [2.24, 2.45) is 11.5 Å². The summed E-state index contributed by atoms with van der Waals surface area (Å²) in [5.74, 6) is -0.573. The number of imide groups is 2. The summed E-state index contributed by atoms with van der Waals surface area (Å²) < 4.78 is -0.830. The molecular weight excluding hydrogens is 532 g/mol. The molecule has 0 unspecified atom stereocenters. The highest BCUT2D eigenvalue weighted by molar-refractivity contribution is 5.92. The van der Waals surface area contributed by atoms with E-state index in [1.807, 2.05) is 72.8 Å². The normalized spacial score (nSPS) is 17.8. The van der Waals surface area contributed by atoms with Crippen LogP contribution in [0.2, 0.25) is 0 Å². The second kappa shape index (κ2) is 12.5. The highest BCUT2D eigenvalue weighted by Crippen LogP contribution is 2.26. The zero-order chi connectivity index (χ0) is 29.7. The third-order valence-electron chi connectivity index (χ3n) is 8.29. The molecule has 3 aromatic rings. The van der Waals surface area contributed by atoms with Crippen LogP contribution in [0.3, 0.4) is 0 Å². The molecule has 4 amide bonds. The first kappa shape index (κ1) is 29.6. The first-order valence-electron chi connectivity index (χ1n) is 14.3. The second-order valence-electron chi connectivity index (χ2n) is 11.0. The van der Waals surface area contributed by atoms with Crippen LogP contribution in [0.25, 0.3) is 0 Å². The number of nitrogens with two attached hydrogens (primary N) is 2. The predicted octanol–water partition coefficient (Wildman–Crippen LogP) is 2.34. The van der Waals surface area contributed by atoms with E-state index < -0.39 is 9.18 Å². The van der Waals surface area contributed by atoms with Gasteiger partial charge in [-0.2, -0.15) is 0 Å². The molecule has 2 fully saturated rings. The van der Waals surface area contributed by atoms with E-state index in [2.05, 4.69) is 10.9 Å². The van der Waals surface area contributed by atoms with Gasteiger partial charge in [0, 0.05) is 24.2 Å². The lowest BCUT2D eigenvalue weighted by atomic mass is 10.1. The van der Waals surface area contributed by atoms with E-state index in [0.717, 1.165) is 33.4 Å². The first-order valence-corrected chi connectivity index (χ1v) is 14.3. The highest BCUT2D eigenvalue weighted by atomic mass is 16.2. The van der Waals surface area contributed by atoms with Crippen molar-refractivity contribution in [1.82, 2.24) is 10.9 Å². The maximum absolute atomic E-state index is 13.0. The molecule has 10 heteroatoms. The van der Waals surface area contributed by atoms with Crippen LogP contribution in [-0.2, 0) is 58.4 Å². The SMILES string of the molecule is NCc1ccc(C[N+]2(NCc3ccc(CN[N+]4(Cc5ccc(CN)cc5)C(=O)CCC4=O)cc3)C(=O)CCC2=O)cc1. The molecule has 5 rings (SSSR count). The van der Waals surface area contributed by atoms with Gasteiger partial charge in [-0.3, -0.25) is 0 Å². The maximum Gasteiger partial charge on any atom is 0.341 e. The van der Waals surface area contributed by atoms with Gasteiger partial charge in [-0.05, 0) is 22.3 Å². The van der Waals surface area contributed by atoms with Gasteiger partial charge in [0.15, 0.2) is 0 Å². The van der Waals surface area contributed by atoms with E-state index in [1.165, 1.54) is 0 Å². The van der Waals surface area contributed by atoms with Gasteiger partial charge in [-0.1, -0.05) is 72.8 Å². The fourth-order valence-electron chi connectivity index (χ4n) is 5.62. The third kappa shape index (κ3) is 6.00. The molecule has 3 aromatic carbocycles. The lowest BCUT2D eigenvalue weighted by Crippen LogP contribution is -2.60. The summed E-state index contributed by atoms with van der Waals surface area (Å²) in [6.07, 6.45) is 0.857. The smallest absolute Gasteiger partial charge is 0.326 e. The summed E-state index contributed by atoms with van der Waals surface area (Å²) in [5, 5.41) is 0. The maximum atomic E-state index is 13.0. The fraction of sp³-hybridized carbons (Fsp3) is 0.312. The van der Waals surface area contributed by atoms with Crippen molar-refractivity contribution in [3.05, 3.63) is 106 Å². The number of nitrogens with one attached hydrogen (secondary N) is 2. The molecule has 2 saturated heterocycles. The van der Waals surface area contributed by atoms with E-state index in [0.29, 0.717) is 26.2 Å². The monoisotopic (exact) mass is 570 g/mol. The minimum atomic E-state index is -0.415. The quantitative estimate of drug-likeness (QED) is 0.192. The molecule has 0 aliphatic carbocycles. The van der Waals surface area contributed by atoms with Crippen LogP contribution in [0, 0.1) is 0 Å². The van der Waals surface area contributed by atoms with Gasteiger partial charge >= 0.3 is 23.6 Å². The molecule has 0 saturated carbocycles. The van der Waals surface area contributed by atoms with Crippen LogP contribution in [-0.4, -0.2) is 32.8 Å². The average molecular weight is 571 g/mol. The Bertz CT molecular complexity index is 1320. The third-order valence-corrected chi connectivity index (χ3v) is 8.29. The predicted molar refractivity (Wildman–Crippen MR) is 155 cm³/mol. The van der Waals surface area contributed by atoms with E-state index in [-0.39, 0.29) is 62.4 Å². The first-order chi connectivity index (χ1) is 20.3. The fourth-order valence-corrected chi connectivity index (χ4v) is 5.62. The van der Waals surface area contributed by atoms with Crippen molar-refractivity contribution in [3.8, 4) is 0 Å². The lowest BCUT2D eigenvalue weighted by Gasteiger charge is -2.29. The zero-order valence-electron chi connectivity index (χ0n) is 23.7. The number of quaternary nitrogens is 2. The molecule has 0 atom stereocenters. The minimum absolute atomic E-state index is 0.143. The van der Waals surface area contributed by atoms with Gasteiger partial charge < -0.3 is 11.5 Å². The number of benzene rings is 3. The van der Waals surface area contributed by atoms with Crippen LogP contribution < -0.4 is 22.3 Å². The average Bonchev–Trinajstić information content (AvgIpc) is 3.45. The zero-order valence-corrected chi connectivity index (χ0v) is 23.7. The van der Waals surface area contributed by atoms with Gasteiger partial charge in [0.25, 0.3) is 0 Å². The molecule has 0 bridgehead atoms. The number of carbonyl (C=O) groups is 4. The molecule has 2 aliphatic rings. The van der Waals surface area contributed by atoms with Crippen molar-refractivity contribution in [3.63, 3.8) is 0 Å². The van der Waals surface area contributed by atoms with Gasteiger partial charge in [-0.25, -0.2) is 19.2 Å². The summed E-state index contributed by atoms with van der Waals surface area (Å²) in [6.45, 7) is 1.97. The molecule has 0 aromatic heterocycles. The summed E-state index contributed by atoms with van der Waals surface area (Å²) in [5.41, 5.74) is 23.4. The Hall–Kier alpha value is -3.90. The molecule has 42 heavy (non-hydrogen) atoms. The highest BCUT2D eigenvalue weighted by Gasteiger charge is 2.51. The molecule has 10 nitrogen and oxygen atoms in total. The molecule has 6 N–H and O–H groups in total. The standard InChI is InChI=1S/C32H38N6O4/c33-17-23-1-9-27(10-2-23)21-37(29(39)13-14-30(37)40)35-19-25-5-7-26(8-6-25)20-36-38(31(41)15-16-32(38)42)22-28-11-3-24(18-34)4-12-28/h1-12,35-36H,13-22,33-34H2/q+2. The Morgan fingerprint density at radius 2 is 0.714 bits per heavy atom. The van der Waals surface area contributed by atoms with Gasteiger partial charge in [0.1, 0.15) is 13.1 Å².